The summed E-state index contributed by atoms with van der Waals surface area (Å²) in [6, 6.07) is -0.398. The fourth-order valence-electron chi connectivity index (χ4n) is 1.28. The van der Waals surface area contributed by atoms with E-state index in [4.69, 9.17) is 9.47 Å². The highest BCUT2D eigenvalue weighted by Crippen LogP contribution is 2.09. The van der Waals surface area contributed by atoms with Crippen LogP contribution in [0.3, 0.4) is 0 Å². The van der Waals surface area contributed by atoms with Crippen molar-refractivity contribution in [2.24, 2.45) is 5.92 Å². The van der Waals surface area contributed by atoms with Crippen LogP contribution >= 0.6 is 0 Å². The van der Waals surface area contributed by atoms with Gasteiger partial charge in [-0.05, 0) is 26.7 Å². The molecule has 0 bridgehead atoms. The van der Waals surface area contributed by atoms with Crippen LogP contribution in [0.4, 0.5) is 4.79 Å². The van der Waals surface area contributed by atoms with Crippen molar-refractivity contribution in [3.05, 3.63) is 12.2 Å². The summed E-state index contributed by atoms with van der Waals surface area (Å²) >= 11 is 0. The van der Waals surface area contributed by atoms with Crippen molar-refractivity contribution < 1.29 is 28.6 Å². The number of carbonyl (C=O) groups is 3. The third kappa shape index (κ3) is 9.79. The van der Waals surface area contributed by atoms with Gasteiger partial charge in [-0.1, -0.05) is 13.8 Å². The fourth-order valence-corrected chi connectivity index (χ4v) is 1.28. The number of methoxy groups -OCH3 is 1. The Morgan fingerprint density at radius 1 is 1.09 bits per heavy atom. The van der Waals surface area contributed by atoms with E-state index >= 15 is 0 Å². The Bertz CT molecular complexity index is 422. The van der Waals surface area contributed by atoms with Crippen LogP contribution < -0.4 is 5.32 Å². The van der Waals surface area contributed by atoms with E-state index in [1.54, 1.807) is 20.8 Å². The maximum Gasteiger partial charge on any atom is 0.407 e. The zero-order chi connectivity index (χ0) is 17.3. The van der Waals surface area contributed by atoms with Crippen LogP contribution in [0.1, 0.15) is 34.6 Å². The molecule has 126 valence electrons. The first-order valence-corrected chi connectivity index (χ1v) is 6.97. The van der Waals surface area contributed by atoms with Crippen LogP contribution in [-0.2, 0) is 23.8 Å². The average molecular weight is 315 g/mol. The number of hydrogen-bond donors (Lipinski definition) is 1. The second kappa shape index (κ2) is 9.07. The molecule has 0 heterocycles. The molecule has 1 amide bonds. The summed E-state index contributed by atoms with van der Waals surface area (Å²) in [5.74, 6) is -1.31. The number of alkyl carbamates (subject to hydrolysis) is 1. The molecule has 0 aromatic carbocycles. The number of rotatable bonds is 6. The topological polar surface area (TPSA) is 90.9 Å². The smallest absolute Gasteiger partial charge is 0.407 e. The molecule has 0 rings (SSSR count). The minimum Gasteiger partial charge on any atom is -0.466 e. The van der Waals surface area contributed by atoms with Gasteiger partial charge in [0.2, 0.25) is 0 Å². The van der Waals surface area contributed by atoms with E-state index in [0.717, 1.165) is 12.2 Å². The monoisotopic (exact) mass is 315 g/mol. The predicted molar refractivity (Wildman–Crippen MR) is 80.1 cm³/mol. The first kappa shape index (κ1) is 19.9. The van der Waals surface area contributed by atoms with Gasteiger partial charge >= 0.3 is 18.0 Å². The summed E-state index contributed by atoms with van der Waals surface area (Å²) in [5.41, 5.74) is -0.606. The molecule has 7 heteroatoms. The molecule has 7 nitrogen and oxygen atoms in total. The highest BCUT2D eigenvalue weighted by atomic mass is 16.6. The molecule has 0 spiro atoms. The lowest BCUT2D eigenvalue weighted by molar-refractivity contribution is -0.140. The van der Waals surface area contributed by atoms with Crippen LogP contribution in [0.25, 0.3) is 0 Å². The van der Waals surface area contributed by atoms with Gasteiger partial charge in [-0.25, -0.2) is 14.4 Å². The summed E-state index contributed by atoms with van der Waals surface area (Å²) in [7, 11) is 1.21. The molecule has 1 N–H and O–H groups in total. The standard InChI is InChI=1S/C15H25NO6/c1-10(2)11(16-14(19)22-15(3,4)5)9-21-13(18)8-7-12(17)20-6/h7-8,10-11H,9H2,1-6H3,(H,16,19)/b8-7+/t11-/m1/s1. The van der Waals surface area contributed by atoms with E-state index in [1.165, 1.54) is 7.11 Å². The molecule has 0 aliphatic rings. The summed E-state index contributed by atoms with van der Waals surface area (Å²) in [5, 5.41) is 2.65. The van der Waals surface area contributed by atoms with Crippen molar-refractivity contribution in [2.45, 2.75) is 46.3 Å². The van der Waals surface area contributed by atoms with Gasteiger partial charge < -0.3 is 19.5 Å². The van der Waals surface area contributed by atoms with E-state index in [0.29, 0.717) is 0 Å². The van der Waals surface area contributed by atoms with Crippen LogP contribution in [0, 0.1) is 5.92 Å². The summed E-state index contributed by atoms with van der Waals surface area (Å²) < 4.78 is 14.5. The molecule has 0 aromatic heterocycles. The van der Waals surface area contributed by atoms with Crippen molar-refractivity contribution in [3.8, 4) is 0 Å². The van der Waals surface area contributed by atoms with Crippen molar-refractivity contribution in [2.75, 3.05) is 13.7 Å². The molecule has 22 heavy (non-hydrogen) atoms. The second-order valence-electron chi connectivity index (χ2n) is 5.98. The summed E-state index contributed by atoms with van der Waals surface area (Å²) in [6.45, 7) is 9.00. The van der Waals surface area contributed by atoms with Crippen LogP contribution in [0.2, 0.25) is 0 Å². The van der Waals surface area contributed by atoms with Gasteiger partial charge in [0, 0.05) is 12.2 Å². The van der Waals surface area contributed by atoms with E-state index in [1.807, 2.05) is 13.8 Å². The minimum absolute atomic E-state index is 0.0265. The summed E-state index contributed by atoms with van der Waals surface area (Å²) in [4.78, 5) is 34.0. The molecule has 0 radical (unpaired) electrons. The molecule has 0 unspecified atom stereocenters. The molecule has 0 saturated carbocycles. The van der Waals surface area contributed by atoms with Gasteiger partial charge in [-0.2, -0.15) is 0 Å². The van der Waals surface area contributed by atoms with Crippen LogP contribution in [0.15, 0.2) is 12.2 Å². The molecule has 0 saturated heterocycles. The zero-order valence-corrected chi connectivity index (χ0v) is 14.0. The lowest BCUT2D eigenvalue weighted by Crippen LogP contribution is -2.44. The van der Waals surface area contributed by atoms with Crippen LogP contribution in [-0.4, -0.2) is 43.4 Å². The second-order valence-corrected chi connectivity index (χ2v) is 5.98. The first-order chi connectivity index (χ1) is 10.0. The van der Waals surface area contributed by atoms with E-state index < -0.39 is 29.7 Å². The maximum atomic E-state index is 11.7. The highest BCUT2D eigenvalue weighted by Gasteiger charge is 2.22. The fraction of sp³-hybridized carbons (Fsp3) is 0.667. The van der Waals surface area contributed by atoms with E-state index in [9.17, 15) is 14.4 Å². The van der Waals surface area contributed by atoms with Gasteiger partial charge in [-0.15, -0.1) is 0 Å². The molecule has 0 aliphatic carbocycles. The number of esters is 2. The van der Waals surface area contributed by atoms with Gasteiger partial charge in [-0.3, -0.25) is 0 Å². The number of hydrogen-bond acceptors (Lipinski definition) is 6. The van der Waals surface area contributed by atoms with Gasteiger partial charge in [0.15, 0.2) is 0 Å². The molecule has 0 aromatic rings. The normalized spacial score (nSPS) is 12.9. The highest BCUT2D eigenvalue weighted by molar-refractivity contribution is 5.91. The third-order valence-corrected chi connectivity index (χ3v) is 2.47. The number of nitrogens with one attached hydrogen (secondary N) is 1. The molecular formula is C15H25NO6. The number of ether oxygens (including phenoxy) is 3. The number of amides is 1. The maximum absolute atomic E-state index is 11.7. The largest absolute Gasteiger partial charge is 0.466 e. The van der Waals surface area contributed by atoms with Crippen molar-refractivity contribution in [1.82, 2.24) is 5.32 Å². The Hall–Kier alpha value is -2.05. The Labute approximate surface area is 131 Å². The summed E-state index contributed by atoms with van der Waals surface area (Å²) in [6.07, 6.45) is 1.36. The lowest BCUT2D eigenvalue weighted by atomic mass is 10.1. The third-order valence-electron chi connectivity index (χ3n) is 2.47. The predicted octanol–water partition coefficient (Wildman–Crippen LogP) is 1.81. The number of carbonyl (C=O) groups excluding carboxylic acids is 3. The Morgan fingerprint density at radius 3 is 2.09 bits per heavy atom. The van der Waals surface area contributed by atoms with Gasteiger partial charge in [0.1, 0.15) is 12.2 Å². The SMILES string of the molecule is COC(=O)/C=C/C(=O)OC[C@@H](NC(=O)OC(C)(C)C)C(C)C. The Morgan fingerprint density at radius 2 is 1.64 bits per heavy atom. The van der Waals surface area contributed by atoms with Crippen molar-refractivity contribution in [1.29, 1.82) is 0 Å². The van der Waals surface area contributed by atoms with E-state index in [-0.39, 0.29) is 12.5 Å². The molecule has 1 atom stereocenters. The molecule has 0 fully saturated rings. The van der Waals surface area contributed by atoms with Gasteiger partial charge in [0.05, 0.1) is 13.2 Å². The first-order valence-electron chi connectivity index (χ1n) is 6.97. The molecular weight excluding hydrogens is 290 g/mol. The molecule has 0 aliphatic heterocycles. The minimum atomic E-state index is -0.693. The average Bonchev–Trinajstić information content (AvgIpc) is 2.38. The quantitative estimate of drug-likeness (QED) is 0.456. The van der Waals surface area contributed by atoms with Crippen molar-refractivity contribution >= 4 is 18.0 Å². The van der Waals surface area contributed by atoms with Crippen molar-refractivity contribution in [3.63, 3.8) is 0 Å². The van der Waals surface area contributed by atoms with Crippen LogP contribution in [0.5, 0.6) is 0 Å². The lowest BCUT2D eigenvalue weighted by Gasteiger charge is -2.25. The van der Waals surface area contributed by atoms with Gasteiger partial charge in [0.25, 0.3) is 0 Å². The van der Waals surface area contributed by atoms with E-state index in [2.05, 4.69) is 10.1 Å². The zero-order valence-electron chi connectivity index (χ0n) is 14.0. The Balaban J connectivity index is 4.42. The Kier molecular flexibility index (Phi) is 8.22.